The van der Waals surface area contributed by atoms with Gasteiger partial charge in [-0.3, -0.25) is 10.1 Å². The van der Waals surface area contributed by atoms with Gasteiger partial charge in [-0.25, -0.2) is 8.78 Å². The summed E-state index contributed by atoms with van der Waals surface area (Å²) in [5, 5.41) is 6.39. The molecule has 0 atom stereocenters. The average molecular weight is 282 g/mol. The van der Waals surface area contributed by atoms with E-state index in [1.807, 2.05) is 0 Å². The van der Waals surface area contributed by atoms with E-state index in [1.54, 1.807) is 0 Å². The van der Waals surface area contributed by atoms with Crippen LogP contribution >= 0.6 is 0 Å². The van der Waals surface area contributed by atoms with Crippen molar-refractivity contribution in [3.63, 3.8) is 0 Å². The molecule has 0 fully saturated rings. The number of carbonyl (C=O) groups is 1. The second-order valence-electron chi connectivity index (χ2n) is 4.13. The van der Waals surface area contributed by atoms with Crippen LogP contribution in [-0.4, -0.2) is 22.6 Å². The average Bonchev–Trinajstić information content (AvgIpc) is 2.74. The Morgan fingerprint density at radius 3 is 2.65 bits per heavy atom. The van der Waals surface area contributed by atoms with E-state index < -0.39 is 17.5 Å². The van der Waals surface area contributed by atoms with E-state index in [2.05, 4.69) is 15.5 Å². The first-order valence-corrected chi connectivity index (χ1v) is 5.78. The van der Waals surface area contributed by atoms with Gasteiger partial charge < -0.3 is 10.3 Å². The lowest BCUT2D eigenvalue weighted by molar-refractivity contribution is -0.117. The van der Waals surface area contributed by atoms with Crippen LogP contribution in [-0.2, 0) is 17.8 Å². The highest BCUT2D eigenvalue weighted by Crippen LogP contribution is 2.11. The smallest absolute Gasteiger partial charge is 0.240 e. The Balaban J connectivity index is 1.96. The maximum atomic E-state index is 13.0. The minimum Gasteiger partial charge on any atom is -0.369 e. The van der Waals surface area contributed by atoms with Crippen LogP contribution in [0.5, 0.6) is 0 Å². The Labute approximate surface area is 113 Å². The van der Waals surface area contributed by atoms with Gasteiger partial charge in [-0.05, 0) is 17.7 Å². The Morgan fingerprint density at radius 1 is 1.30 bits per heavy atom. The van der Waals surface area contributed by atoms with E-state index in [1.165, 1.54) is 12.1 Å². The molecule has 0 aliphatic carbocycles. The zero-order valence-electron chi connectivity index (χ0n) is 10.4. The fourth-order valence-corrected chi connectivity index (χ4v) is 1.62. The number of halogens is 2. The molecule has 106 valence electrons. The van der Waals surface area contributed by atoms with E-state index in [9.17, 15) is 13.6 Å². The number of nitrogens with one attached hydrogen (secondary N) is 1. The topological polar surface area (TPSA) is 94.0 Å². The van der Waals surface area contributed by atoms with Crippen molar-refractivity contribution in [2.45, 2.75) is 13.0 Å². The van der Waals surface area contributed by atoms with Crippen LogP contribution in [0.1, 0.15) is 17.3 Å². The van der Waals surface area contributed by atoms with Gasteiger partial charge in [-0.1, -0.05) is 5.16 Å². The molecule has 3 N–H and O–H groups in total. The van der Waals surface area contributed by atoms with Gasteiger partial charge in [0.2, 0.25) is 11.8 Å². The first-order chi connectivity index (χ1) is 9.52. The number of hydrogen-bond donors (Lipinski definition) is 2. The molecule has 8 heteroatoms. The molecule has 0 saturated heterocycles. The van der Waals surface area contributed by atoms with Crippen LogP contribution in [0.15, 0.2) is 22.7 Å². The predicted molar refractivity (Wildman–Crippen MR) is 64.4 cm³/mol. The fraction of sp³-hybridized carbons (Fsp3) is 0.250. The van der Waals surface area contributed by atoms with Crippen LogP contribution in [0.2, 0.25) is 0 Å². The quantitative estimate of drug-likeness (QED) is 0.805. The van der Waals surface area contributed by atoms with Crippen molar-refractivity contribution in [3.8, 4) is 0 Å². The number of nitrogens with zero attached hydrogens (tertiary/aromatic N) is 2. The van der Waals surface area contributed by atoms with E-state index in [0.29, 0.717) is 11.4 Å². The molecule has 1 aromatic heterocycles. The molecule has 0 spiro atoms. The number of nitrogens with two attached hydrogens (primary N) is 1. The fourth-order valence-electron chi connectivity index (χ4n) is 1.62. The normalized spacial score (nSPS) is 10.7. The highest BCUT2D eigenvalue weighted by Gasteiger charge is 2.09. The van der Waals surface area contributed by atoms with Crippen molar-refractivity contribution in [2.24, 2.45) is 5.73 Å². The van der Waals surface area contributed by atoms with E-state index >= 15 is 0 Å². The number of hydrogen-bond acceptors (Lipinski definition) is 5. The van der Waals surface area contributed by atoms with Crippen LogP contribution in [0.25, 0.3) is 0 Å². The molecule has 20 heavy (non-hydrogen) atoms. The Morgan fingerprint density at radius 2 is 2.00 bits per heavy atom. The van der Waals surface area contributed by atoms with Gasteiger partial charge in [-0.2, -0.15) is 4.98 Å². The van der Waals surface area contributed by atoms with Crippen molar-refractivity contribution in [2.75, 3.05) is 6.54 Å². The minimum absolute atomic E-state index is 0.00712. The summed E-state index contributed by atoms with van der Waals surface area (Å²) >= 11 is 0. The highest BCUT2D eigenvalue weighted by atomic mass is 19.1. The van der Waals surface area contributed by atoms with E-state index in [0.717, 1.165) is 6.07 Å². The molecule has 0 unspecified atom stereocenters. The number of aromatic nitrogens is 2. The lowest BCUT2D eigenvalue weighted by atomic mass is 10.1. The third-order valence-electron chi connectivity index (χ3n) is 2.37. The molecule has 0 aliphatic heterocycles. The Kier molecular flexibility index (Phi) is 4.36. The highest BCUT2D eigenvalue weighted by molar-refractivity contribution is 5.75. The molecule has 2 rings (SSSR count). The number of amides is 1. The van der Waals surface area contributed by atoms with Crippen molar-refractivity contribution >= 4 is 5.91 Å². The third kappa shape index (κ3) is 4.09. The van der Waals surface area contributed by atoms with Gasteiger partial charge in [0.05, 0.1) is 13.1 Å². The first-order valence-electron chi connectivity index (χ1n) is 5.78. The molecule has 6 nitrogen and oxygen atoms in total. The standard InChI is InChI=1S/C12H12F2N4O2/c13-8-1-7(2-9(14)4-8)3-11-17-12(20-18-11)6-16-5-10(15)19/h1-2,4,16H,3,5-6H2,(H2,15,19). The molecule has 2 aromatic rings. The largest absolute Gasteiger partial charge is 0.369 e. The Bertz CT molecular complexity index is 595. The summed E-state index contributed by atoms with van der Waals surface area (Å²) in [4.78, 5) is 14.5. The summed E-state index contributed by atoms with van der Waals surface area (Å²) in [6, 6.07) is 3.19. The van der Waals surface area contributed by atoms with Gasteiger partial charge in [0, 0.05) is 12.5 Å². The monoisotopic (exact) mass is 282 g/mol. The SMILES string of the molecule is NC(=O)CNCc1nc(Cc2cc(F)cc(F)c2)no1. The van der Waals surface area contributed by atoms with Gasteiger partial charge >= 0.3 is 0 Å². The molecule has 0 aliphatic rings. The van der Waals surface area contributed by atoms with Crippen LogP contribution in [0.4, 0.5) is 8.78 Å². The van der Waals surface area contributed by atoms with E-state index in [4.69, 9.17) is 10.3 Å². The molecule has 0 saturated carbocycles. The molecule has 1 amide bonds. The lowest BCUT2D eigenvalue weighted by Gasteiger charge is -1.98. The van der Waals surface area contributed by atoms with Crippen LogP contribution in [0.3, 0.4) is 0 Å². The summed E-state index contributed by atoms with van der Waals surface area (Å²) in [5.74, 6) is -1.26. The van der Waals surface area contributed by atoms with Crippen LogP contribution in [0, 0.1) is 11.6 Å². The van der Waals surface area contributed by atoms with Crippen molar-refractivity contribution in [1.29, 1.82) is 0 Å². The first kappa shape index (κ1) is 14.1. The maximum absolute atomic E-state index is 13.0. The molecule has 0 bridgehead atoms. The zero-order valence-corrected chi connectivity index (χ0v) is 10.4. The summed E-state index contributed by atoms with van der Waals surface area (Å²) in [7, 11) is 0. The van der Waals surface area contributed by atoms with Gasteiger partial charge in [-0.15, -0.1) is 0 Å². The second kappa shape index (κ2) is 6.20. The van der Waals surface area contributed by atoms with Crippen LogP contribution < -0.4 is 11.1 Å². The number of rotatable bonds is 6. The minimum atomic E-state index is -0.660. The van der Waals surface area contributed by atoms with Crippen molar-refractivity contribution < 1.29 is 18.1 Å². The van der Waals surface area contributed by atoms with E-state index in [-0.39, 0.29) is 25.4 Å². The molecule has 0 radical (unpaired) electrons. The number of primary amides is 1. The molecular formula is C12H12F2N4O2. The lowest BCUT2D eigenvalue weighted by Crippen LogP contribution is -2.28. The van der Waals surface area contributed by atoms with Gasteiger partial charge in [0.25, 0.3) is 0 Å². The zero-order chi connectivity index (χ0) is 14.5. The second-order valence-corrected chi connectivity index (χ2v) is 4.13. The van der Waals surface area contributed by atoms with Gasteiger partial charge in [0.15, 0.2) is 5.82 Å². The van der Waals surface area contributed by atoms with Crippen molar-refractivity contribution in [1.82, 2.24) is 15.5 Å². The summed E-state index contributed by atoms with van der Waals surface area (Å²) in [6.45, 7) is 0.181. The predicted octanol–water partition coefficient (Wildman–Crippen LogP) is 0.513. The molecule has 1 aromatic carbocycles. The third-order valence-corrected chi connectivity index (χ3v) is 2.37. The summed E-state index contributed by atoms with van der Waals surface area (Å²) in [5.41, 5.74) is 5.36. The number of benzene rings is 1. The molecule has 1 heterocycles. The summed E-state index contributed by atoms with van der Waals surface area (Å²) in [6.07, 6.45) is 0.147. The summed E-state index contributed by atoms with van der Waals surface area (Å²) < 4.78 is 31.0. The molecular weight excluding hydrogens is 270 g/mol. The Hall–Kier alpha value is -2.35. The van der Waals surface area contributed by atoms with Crippen molar-refractivity contribution in [3.05, 3.63) is 47.1 Å². The number of carbonyl (C=O) groups excluding carboxylic acids is 1. The van der Waals surface area contributed by atoms with Gasteiger partial charge in [0.1, 0.15) is 11.6 Å². The maximum Gasteiger partial charge on any atom is 0.240 e.